The van der Waals surface area contributed by atoms with Crippen LogP contribution in [0.25, 0.3) is 0 Å². The topological polar surface area (TPSA) is 79.8 Å². The second-order valence-corrected chi connectivity index (χ2v) is 12.7. The van der Waals surface area contributed by atoms with Crippen molar-refractivity contribution >= 4 is 28.9 Å². The number of benzene rings is 1. The minimum Gasteiger partial charge on any atom is -0.496 e. The molecule has 0 radical (unpaired) electrons. The fourth-order valence-corrected chi connectivity index (χ4v) is 6.44. The number of amides is 2. The van der Waals surface area contributed by atoms with Gasteiger partial charge in [0.05, 0.1) is 18.6 Å². The molecule has 284 valence electrons. The molecule has 2 aromatic heterocycles. The number of thiophene rings is 1. The van der Waals surface area contributed by atoms with E-state index in [2.05, 4.69) is 22.6 Å². The number of carbonyl (C=O) groups is 3. The van der Waals surface area contributed by atoms with E-state index in [9.17, 15) is 45.1 Å². The van der Waals surface area contributed by atoms with Gasteiger partial charge in [-0.05, 0) is 68.0 Å². The van der Waals surface area contributed by atoms with E-state index in [0.717, 1.165) is 29.3 Å². The summed E-state index contributed by atoms with van der Waals surface area (Å²) in [5, 5.41) is 1.32. The van der Waals surface area contributed by atoms with Crippen molar-refractivity contribution in [3.8, 4) is 18.6 Å². The average Bonchev–Trinajstić information content (AvgIpc) is 3.63. The number of pyridine rings is 1. The van der Waals surface area contributed by atoms with Crippen LogP contribution in [0.3, 0.4) is 0 Å². The number of carbonyl (C=O) groups excluding carboxylic acids is 3. The molecular weight excluding hydrogens is 715 g/mol. The lowest BCUT2D eigenvalue weighted by molar-refractivity contribution is -0.141. The second kappa shape index (κ2) is 20.0. The van der Waals surface area contributed by atoms with Crippen molar-refractivity contribution in [1.29, 1.82) is 0 Å². The zero-order chi connectivity index (χ0) is 39.2. The van der Waals surface area contributed by atoms with Crippen molar-refractivity contribution in [2.75, 3.05) is 20.2 Å². The third kappa shape index (κ3) is 12.1. The lowest BCUT2D eigenvalue weighted by atomic mass is 9.84. The molecule has 4 heterocycles. The zero-order valence-corrected chi connectivity index (χ0v) is 30.1. The van der Waals surface area contributed by atoms with Crippen LogP contribution < -0.4 is 4.74 Å². The molecule has 1 saturated heterocycles. The molecule has 3 aromatic rings. The summed E-state index contributed by atoms with van der Waals surface area (Å²) in [6.07, 6.45) is 3.72. The normalized spacial score (nSPS) is 16.8. The number of rotatable bonds is 6. The highest BCUT2D eigenvalue weighted by Gasteiger charge is 2.43. The predicted molar refractivity (Wildman–Crippen MR) is 184 cm³/mol. The molecule has 0 unspecified atom stereocenters. The third-order valence-electron chi connectivity index (χ3n) is 8.34. The quantitative estimate of drug-likeness (QED) is 0.186. The molecule has 1 aromatic carbocycles. The molecule has 0 spiro atoms. The Labute approximate surface area is 303 Å². The number of halogens is 7. The number of alkyl halides is 6. The number of hydrogen-bond donors (Lipinski definition) is 0. The lowest BCUT2D eigenvalue weighted by Gasteiger charge is -2.43. The number of Topliss-reactive ketones (excluding diaryl/α,β-unsaturated/α-hetero) is 1. The number of ketones is 1. The van der Waals surface area contributed by atoms with E-state index >= 15 is 0 Å². The summed E-state index contributed by atoms with van der Waals surface area (Å²) in [7, 11) is 1.34. The summed E-state index contributed by atoms with van der Waals surface area (Å²) in [6.45, 7) is 6.39. The highest BCUT2D eigenvalue weighted by Crippen LogP contribution is 2.37. The van der Waals surface area contributed by atoms with E-state index in [1.807, 2.05) is 13.8 Å². The summed E-state index contributed by atoms with van der Waals surface area (Å²) < 4.78 is 94.6. The van der Waals surface area contributed by atoms with E-state index in [1.165, 1.54) is 35.7 Å². The van der Waals surface area contributed by atoms with Crippen LogP contribution in [0.5, 0.6) is 5.75 Å². The highest BCUT2D eigenvalue weighted by atomic mass is 32.1. The fraction of sp³-hybridized carbons (Fsp3) is 0.459. The molecule has 2 aliphatic heterocycles. The molecule has 15 heteroatoms. The predicted octanol–water partition coefficient (Wildman–Crippen LogP) is 8.86. The Hall–Kier alpha value is -4.45. The number of fused-ring (bicyclic) bond motifs is 1. The molecule has 0 N–H and O–H groups in total. The first-order chi connectivity index (χ1) is 24.5. The van der Waals surface area contributed by atoms with Crippen LogP contribution in [0.15, 0.2) is 48.0 Å². The second-order valence-electron chi connectivity index (χ2n) is 11.8. The maximum atomic E-state index is 13.7. The summed E-state index contributed by atoms with van der Waals surface area (Å²) in [6, 6.07) is 7.05. The minimum absolute atomic E-state index is 0.136. The Morgan fingerprint density at radius 3 is 2.21 bits per heavy atom. The molecule has 7 nitrogen and oxygen atoms in total. The molecule has 52 heavy (non-hydrogen) atoms. The molecular formula is C37H42F7N3O4S. The van der Waals surface area contributed by atoms with E-state index in [-0.39, 0.29) is 36.3 Å². The van der Waals surface area contributed by atoms with Gasteiger partial charge >= 0.3 is 12.4 Å². The van der Waals surface area contributed by atoms with Crippen molar-refractivity contribution in [2.45, 2.75) is 84.2 Å². The van der Waals surface area contributed by atoms with Gasteiger partial charge in [0.15, 0.2) is 0 Å². The number of likely N-dealkylation sites (tertiary alicyclic amines) is 1. The number of terminal acetylenes is 1. The van der Waals surface area contributed by atoms with Gasteiger partial charge in [0.2, 0.25) is 5.91 Å². The number of methoxy groups -OCH3 is 1. The Balaban J connectivity index is 0.000000429. The molecule has 1 fully saturated rings. The van der Waals surface area contributed by atoms with Crippen molar-refractivity contribution in [3.05, 3.63) is 81.1 Å². The van der Waals surface area contributed by atoms with E-state index in [4.69, 9.17) is 0 Å². The maximum Gasteiger partial charge on any atom is 0.425 e. The van der Waals surface area contributed by atoms with Crippen LogP contribution in [-0.2, 0) is 34.9 Å². The van der Waals surface area contributed by atoms with Crippen molar-refractivity contribution in [3.63, 3.8) is 0 Å². The first-order valence-electron chi connectivity index (χ1n) is 16.4. The molecule has 2 aliphatic rings. The number of hydrogen-bond acceptors (Lipinski definition) is 6. The van der Waals surface area contributed by atoms with E-state index in [0.29, 0.717) is 56.4 Å². The number of nitrogens with zero attached hydrogens (tertiary/aromatic N) is 3. The largest absolute Gasteiger partial charge is 0.496 e. The number of piperidine rings is 1. The van der Waals surface area contributed by atoms with Gasteiger partial charge in [-0.3, -0.25) is 14.6 Å². The smallest absolute Gasteiger partial charge is 0.425 e. The Morgan fingerprint density at radius 2 is 1.67 bits per heavy atom. The summed E-state index contributed by atoms with van der Waals surface area (Å²) >= 11 is 0.631. The van der Waals surface area contributed by atoms with E-state index in [1.54, 1.807) is 17.9 Å². The monoisotopic (exact) mass is 757 g/mol. The van der Waals surface area contributed by atoms with Gasteiger partial charge in [-0.2, -0.15) is 26.3 Å². The van der Waals surface area contributed by atoms with Crippen LogP contribution in [0.2, 0.25) is 0 Å². The molecule has 2 amide bonds. The van der Waals surface area contributed by atoms with Gasteiger partial charge in [-0.1, -0.05) is 26.3 Å². The SMILES string of the molecule is C#C.CCC(C)=O.CCC[C@@H]1[C@H](C(=O)N2CCc3ccc(F)cc3C2)CCCN1C(=O)c1ncccc1C(F)(F)F.COc1csc(C(F)(F)F)c1. The third-order valence-corrected chi connectivity index (χ3v) is 9.29. The minimum atomic E-state index is -4.71. The van der Waals surface area contributed by atoms with Crippen LogP contribution in [-0.4, -0.2) is 58.6 Å². The molecule has 0 bridgehead atoms. The standard InChI is InChI=1S/C25H27F4N3O2.C6H5F3OS.C4H8O.C2H2/c1-2-5-21-19(23(33)31-13-10-16-8-9-18(26)14-17(16)15-31)6-4-12-32(21)24(34)22-20(25(27,28)29)7-3-11-30-22;1-10-4-2-5(11-3-4)6(7,8)9;1-3-4(2)5;1-2/h3,7-9,11,14,19,21H,2,4-6,10,12-13,15H2,1H3;2-3H,1H3;3H2,1-2H3;1-2H/t19-,21-;;;/m1.../s1. The van der Waals surface area contributed by atoms with Gasteiger partial charge in [0.25, 0.3) is 5.91 Å². The van der Waals surface area contributed by atoms with E-state index < -0.39 is 46.4 Å². The Morgan fingerprint density at radius 1 is 1.00 bits per heavy atom. The van der Waals surface area contributed by atoms with Crippen molar-refractivity contribution in [1.82, 2.24) is 14.8 Å². The summed E-state index contributed by atoms with van der Waals surface area (Å²) in [5.41, 5.74) is 0.0643. The lowest BCUT2D eigenvalue weighted by Crippen LogP contribution is -2.54. The molecule has 0 aliphatic carbocycles. The van der Waals surface area contributed by atoms with Crippen molar-refractivity contribution in [2.24, 2.45) is 5.92 Å². The van der Waals surface area contributed by atoms with Crippen LogP contribution in [0.1, 0.15) is 84.9 Å². The molecule has 2 atom stereocenters. The Bertz CT molecular complexity index is 1660. The Kier molecular flexibility index (Phi) is 16.8. The summed E-state index contributed by atoms with van der Waals surface area (Å²) in [5.74, 6) is -1.31. The number of ether oxygens (including phenoxy) is 1. The van der Waals surface area contributed by atoms with Crippen LogP contribution in [0, 0.1) is 24.6 Å². The van der Waals surface area contributed by atoms with Gasteiger partial charge in [-0.25, -0.2) is 4.39 Å². The first-order valence-corrected chi connectivity index (χ1v) is 17.3. The van der Waals surface area contributed by atoms with Gasteiger partial charge in [-0.15, -0.1) is 24.2 Å². The number of aromatic nitrogens is 1. The first kappa shape index (κ1) is 43.7. The fourth-order valence-electron chi connectivity index (χ4n) is 5.71. The molecule has 5 rings (SSSR count). The van der Waals surface area contributed by atoms with Crippen molar-refractivity contribution < 1.29 is 49.9 Å². The maximum absolute atomic E-state index is 13.7. The zero-order valence-electron chi connectivity index (χ0n) is 29.3. The molecule has 0 saturated carbocycles. The van der Waals surface area contributed by atoms with Gasteiger partial charge < -0.3 is 19.3 Å². The van der Waals surface area contributed by atoms with Gasteiger partial charge in [0.1, 0.15) is 27.9 Å². The van der Waals surface area contributed by atoms with Gasteiger partial charge in [0, 0.05) is 49.7 Å². The average molecular weight is 758 g/mol. The highest BCUT2D eigenvalue weighted by molar-refractivity contribution is 7.10. The van der Waals surface area contributed by atoms with Crippen LogP contribution in [0.4, 0.5) is 30.7 Å². The summed E-state index contributed by atoms with van der Waals surface area (Å²) in [4.78, 5) is 42.9. The van der Waals surface area contributed by atoms with Crippen LogP contribution >= 0.6 is 11.3 Å².